The van der Waals surface area contributed by atoms with Gasteiger partial charge in [0.15, 0.2) is 0 Å². The van der Waals surface area contributed by atoms with Gasteiger partial charge in [0, 0.05) is 17.6 Å². The largest absolute Gasteiger partial charge is 0.494 e. The Labute approximate surface area is 260 Å². The molecule has 43 heavy (non-hydrogen) atoms. The number of nitrogens with one attached hydrogen (secondary N) is 1. The molecule has 0 spiro atoms. The number of hydrogen-bond donors (Lipinski definition) is 1. The minimum absolute atomic E-state index is 0.000406. The van der Waals surface area contributed by atoms with E-state index >= 15 is 0 Å². The third-order valence-electron chi connectivity index (χ3n) is 7.69. The first kappa shape index (κ1) is 32.4. The Kier molecular flexibility index (Phi) is 11.5. The lowest BCUT2D eigenvalue weighted by Gasteiger charge is -2.33. The third kappa shape index (κ3) is 8.51. The van der Waals surface area contributed by atoms with Crippen molar-refractivity contribution in [2.45, 2.75) is 69.4 Å². The molecule has 3 aromatic carbocycles. The van der Waals surface area contributed by atoms with Crippen molar-refractivity contribution in [3.63, 3.8) is 0 Å². The molecule has 1 fully saturated rings. The fourth-order valence-corrected chi connectivity index (χ4v) is 6.94. The summed E-state index contributed by atoms with van der Waals surface area (Å²) in [5, 5.41) is 3.53. The zero-order chi connectivity index (χ0) is 30.8. The van der Waals surface area contributed by atoms with Crippen LogP contribution in [0.4, 0.5) is 5.69 Å². The number of carbonyl (C=O) groups excluding carboxylic acids is 2. The van der Waals surface area contributed by atoms with Gasteiger partial charge in [-0.2, -0.15) is 0 Å². The molecule has 10 heteroatoms. The Morgan fingerprint density at radius 2 is 1.60 bits per heavy atom. The summed E-state index contributed by atoms with van der Waals surface area (Å²) in [7, 11) is -4.18. The van der Waals surface area contributed by atoms with Gasteiger partial charge >= 0.3 is 0 Å². The van der Waals surface area contributed by atoms with Crippen LogP contribution in [0.2, 0.25) is 5.02 Å². The predicted octanol–water partition coefficient (Wildman–Crippen LogP) is 5.84. The number of amides is 2. The second-order valence-corrected chi connectivity index (χ2v) is 12.9. The van der Waals surface area contributed by atoms with Crippen LogP contribution in [-0.2, 0) is 26.0 Å². The van der Waals surface area contributed by atoms with Crippen LogP contribution < -0.4 is 14.4 Å². The molecule has 4 rings (SSSR count). The number of carbonyl (C=O) groups is 2. The number of halogens is 1. The molecule has 1 aliphatic rings. The maximum Gasteiger partial charge on any atom is 0.264 e. The molecule has 2 amide bonds. The van der Waals surface area contributed by atoms with Crippen LogP contribution in [0.15, 0.2) is 83.8 Å². The molecule has 0 aromatic heterocycles. The molecule has 1 saturated carbocycles. The maximum absolute atomic E-state index is 14.2. The molecule has 0 heterocycles. The van der Waals surface area contributed by atoms with Gasteiger partial charge in [0.05, 0.1) is 17.2 Å². The highest BCUT2D eigenvalue weighted by atomic mass is 35.5. The zero-order valence-corrected chi connectivity index (χ0v) is 26.3. The summed E-state index contributed by atoms with van der Waals surface area (Å²) in [5.74, 6) is -0.0831. The van der Waals surface area contributed by atoms with Gasteiger partial charge in [0.2, 0.25) is 11.8 Å². The lowest BCUT2D eigenvalue weighted by atomic mass is 10.1. The van der Waals surface area contributed by atoms with Crippen molar-refractivity contribution < 1.29 is 22.7 Å². The minimum atomic E-state index is -4.18. The van der Waals surface area contributed by atoms with E-state index in [1.165, 1.54) is 29.2 Å². The van der Waals surface area contributed by atoms with Crippen LogP contribution in [0.3, 0.4) is 0 Å². The van der Waals surface area contributed by atoms with E-state index in [0.717, 1.165) is 35.6 Å². The summed E-state index contributed by atoms with van der Waals surface area (Å²) in [4.78, 5) is 29.3. The first-order chi connectivity index (χ1) is 20.7. The van der Waals surface area contributed by atoms with Crippen LogP contribution >= 0.6 is 11.6 Å². The van der Waals surface area contributed by atoms with Crippen LogP contribution in [0.25, 0.3) is 0 Å². The van der Waals surface area contributed by atoms with Gasteiger partial charge in [-0.3, -0.25) is 13.9 Å². The number of rotatable bonds is 14. The average molecular weight is 626 g/mol. The Balaban J connectivity index is 1.67. The lowest BCUT2D eigenvalue weighted by molar-refractivity contribution is -0.139. The normalized spacial score (nSPS) is 14.2. The van der Waals surface area contributed by atoms with Crippen LogP contribution in [0.1, 0.15) is 51.5 Å². The smallest absolute Gasteiger partial charge is 0.264 e. The van der Waals surface area contributed by atoms with E-state index in [0.29, 0.717) is 35.9 Å². The number of anilines is 1. The Morgan fingerprint density at radius 1 is 0.953 bits per heavy atom. The van der Waals surface area contributed by atoms with Crippen molar-refractivity contribution in [3.05, 3.63) is 89.4 Å². The molecular weight excluding hydrogens is 586 g/mol. The van der Waals surface area contributed by atoms with Gasteiger partial charge in [0.1, 0.15) is 18.3 Å². The average Bonchev–Trinajstić information content (AvgIpc) is 3.52. The van der Waals surface area contributed by atoms with Crippen molar-refractivity contribution >= 4 is 39.1 Å². The highest BCUT2D eigenvalue weighted by Crippen LogP contribution is 2.27. The highest BCUT2D eigenvalue weighted by molar-refractivity contribution is 7.92. The number of hydrogen-bond acceptors (Lipinski definition) is 5. The number of nitrogens with zero attached hydrogens (tertiary/aromatic N) is 2. The fraction of sp³-hybridized carbons (Fsp3) is 0.394. The first-order valence-electron chi connectivity index (χ1n) is 14.9. The van der Waals surface area contributed by atoms with E-state index in [4.69, 9.17) is 16.3 Å². The topological polar surface area (TPSA) is 96.0 Å². The number of sulfonamides is 1. The molecule has 8 nitrogen and oxygen atoms in total. The van der Waals surface area contributed by atoms with Gasteiger partial charge < -0.3 is 15.0 Å². The van der Waals surface area contributed by atoms with Crippen molar-refractivity contribution in [3.8, 4) is 5.75 Å². The van der Waals surface area contributed by atoms with Crippen molar-refractivity contribution in [1.29, 1.82) is 0 Å². The summed E-state index contributed by atoms with van der Waals surface area (Å²) in [6, 6.07) is 21.5. The standard InChI is InChI=1S/C33H40ClN3O5S/c1-3-31(33(39)35-27-12-8-9-13-27)36(23-22-25-10-6-5-7-11-25)32(38)24-37(28-16-18-29(19-17-28)42-4-2)43(40,41)30-20-14-26(34)15-21-30/h5-7,10-11,14-21,27,31H,3-4,8-9,12-13,22-24H2,1-2H3,(H,35,39). The van der Waals surface area contributed by atoms with Crippen molar-refractivity contribution in [2.75, 3.05) is 24.0 Å². The van der Waals surface area contributed by atoms with Gasteiger partial charge in [-0.1, -0.05) is 61.7 Å². The minimum Gasteiger partial charge on any atom is -0.494 e. The van der Waals surface area contributed by atoms with Gasteiger partial charge in [-0.05, 0) is 86.7 Å². The Morgan fingerprint density at radius 3 is 2.21 bits per heavy atom. The summed E-state index contributed by atoms with van der Waals surface area (Å²) >= 11 is 6.04. The molecule has 3 aromatic rings. The number of ether oxygens (including phenoxy) is 1. The Bertz CT molecular complexity index is 1440. The monoisotopic (exact) mass is 625 g/mol. The molecule has 0 saturated heterocycles. The molecule has 0 aliphatic heterocycles. The van der Waals surface area contributed by atoms with Crippen molar-refractivity contribution in [1.82, 2.24) is 10.2 Å². The highest BCUT2D eigenvalue weighted by Gasteiger charge is 2.34. The summed E-state index contributed by atoms with van der Waals surface area (Å²) in [5.41, 5.74) is 1.32. The fourth-order valence-electron chi connectivity index (χ4n) is 5.40. The quantitative estimate of drug-likeness (QED) is 0.243. The van der Waals surface area contributed by atoms with Gasteiger partial charge in [-0.25, -0.2) is 8.42 Å². The van der Waals surface area contributed by atoms with Crippen LogP contribution in [-0.4, -0.2) is 56.9 Å². The lowest BCUT2D eigenvalue weighted by Crippen LogP contribution is -2.54. The molecule has 1 atom stereocenters. The molecule has 1 N–H and O–H groups in total. The zero-order valence-electron chi connectivity index (χ0n) is 24.7. The molecule has 1 unspecified atom stereocenters. The summed E-state index contributed by atoms with van der Waals surface area (Å²) < 4.78 is 34.6. The molecular formula is C33H40ClN3O5S. The second kappa shape index (κ2) is 15.3. The van der Waals surface area contributed by atoms with Crippen LogP contribution in [0, 0.1) is 0 Å². The molecule has 1 aliphatic carbocycles. The maximum atomic E-state index is 14.2. The first-order valence-corrected chi connectivity index (χ1v) is 16.7. The molecule has 0 bridgehead atoms. The van der Waals surface area contributed by atoms with E-state index in [1.54, 1.807) is 24.3 Å². The van der Waals surface area contributed by atoms with Crippen molar-refractivity contribution in [2.24, 2.45) is 0 Å². The van der Waals surface area contributed by atoms with Gasteiger partial charge in [0.25, 0.3) is 10.0 Å². The van der Waals surface area contributed by atoms with Crippen LogP contribution in [0.5, 0.6) is 5.75 Å². The predicted molar refractivity (Wildman–Crippen MR) is 170 cm³/mol. The molecule has 0 radical (unpaired) electrons. The van der Waals surface area contributed by atoms with Gasteiger partial charge in [-0.15, -0.1) is 0 Å². The summed E-state index contributed by atoms with van der Waals surface area (Å²) in [6.07, 6.45) is 4.89. The second-order valence-electron chi connectivity index (χ2n) is 10.6. The van der Waals surface area contributed by atoms with E-state index in [-0.39, 0.29) is 23.4 Å². The van der Waals surface area contributed by atoms with E-state index in [2.05, 4.69) is 5.32 Å². The van der Waals surface area contributed by atoms with E-state index in [1.807, 2.05) is 44.2 Å². The summed E-state index contributed by atoms with van der Waals surface area (Å²) in [6.45, 7) is 3.97. The third-order valence-corrected chi connectivity index (χ3v) is 9.73. The Hall–Kier alpha value is -3.56. The van der Waals surface area contributed by atoms with E-state index < -0.39 is 28.5 Å². The molecule has 230 valence electrons. The van der Waals surface area contributed by atoms with E-state index in [9.17, 15) is 18.0 Å². The SMILES string of the molecule is CCOc1ccc(N(CC(=O)N(CCc2ccccc2)C(CC)C(=O)NC2CCCC2)S(=O)(=O)c2ccc(Cl)cc2)cc1. The number of benzene rings is 3.